The fourth-order valence-corrected chi connectivity index (χ4v) is 1.70. The molecule has 16 heavy (non-hydrogen) atoms. The summed E-state index contributed by atoms with van der Waals surface area (Å²) in [6.45, 7) is 4.45. The van der Waals surface area contributed by atoms with Crippen LogP contribution in [-0.2, 0) is 11.3 Å². The highest BCUT2D eigenvalue weighted by Crippen LogP contribution is 2.22. The SMILES string of the molecule is COCCCN(C)Cc1cccc(C)c1O. The molecule has 90 valence electrons. The maximum Gasteiger partial charge on any atom is 0.122 e. The van der Waals surface area contributed by atoms with Crippen LogP contribution in [0.4, 0.5) is 0 Å². The molecule has 0 amide bonds. The number of methoxy groups -OCH3 is 1. The molecule has 0 heterocycles. The Balaban J connectivity index is 2.49. The van der Waals surface area contributed by atoms with Crippen molar-refractivity contribution in [3.8, 4) is 5.75 Å². The average Bonchev–Trinajstić information content (AvgIpc) is 2.25. The Labute approximate surface area is 97.7 Å². The van der Waals surface area contributed by atoms with E-state index in [1.807, 2.05) is 25.1 Å². The Morgan fingerprint density at radius 2 is 2.12 bits per heavy atom. The molecule has 3 heteroatoms. The van der Waals surface area contributed by atoms with Crippen molar-refractivity contribution in [2.24, 2.45) is 0 Å². The molecule has 0 saturated carbocycles. The van der Waals surface area contributed by atoms with Gasteiger partial charge in [0.2, 0.25) is 0 Å². The van der Waals surface area contributed by atoms with E-state index >= 15 is 0 Å². The van der Waals surface area contributed by atoms with E-state index in [2.05, 4.69) is 11.9 Å². The molecule has 0 fully saturated rings. The molecule has 0 saturated heterocycles. The summed E-state index contributed by atoms with van der Waals surface area (Å²) in [6.07, 6.45) is 1.01. The second-order valence-corrected chi connectivity index (χ2v) is 4.17. The molecule has 1 aromatic carbocycles. The van der Waals surface area contributed by atoms with E-state index in [1.165, 1.54) is 0 Å². The number of hydrogen-bond acceptors (Lipinski definition) is 3. The van der Waals surface area contributed by atoms with E-state index in [4.69, 9.17) is 4.74 Å². The first kappa shape index (κ1) is 13.0. The Morgan fingerprint density at radius 1 is 1.38 bits per heavy atom. The fraction of sp³-hybridized carbons (Fsp3) is 0.538. The topological polar surface area (TPSA) is 32.7 Å². The van der Waals surface area contributed by atoms with Gasteiger partial charge < -0.3 is 14.7 Å². The Morgan fingerprint density at radius 3 is 2.81 bits per heavy atom. The molecular formula is C13H21NO2. The van der Waals surface area contributed by atoms with Crippen molar-refractivity contribution in [2.75, 3.05) is 27.3 Å². The molecule has 0 aromatic heterocycles. The average molecular weight is 223 g/mol. The molecule has 0 unspecified atom stereocenters. The Bertz CT molecular complexity index is 326. The van der Waals surface area contributed by atoms with Gasteiger partial charge >= 0.3 is 0 Å². The lowest BCUT2D eigenvalue weighted by Crippen LogP contribution is -2.20. The number of ether oxygens (including phenoxy) is 1. The minimum atomic E-state index is 0.418. The first-order chi connectivity index (χ1) is 7.65. The van der Waals surface area contributed by atoms with Crippen molar-refractivity contribution in [1.29, 1.82) is 0 Å². The smallest absolute Gasteiger partial charge is 0.122 e. The van der Waals surface area contributed by atoms with Crippen LogP contribution >= 0.6 is 0 Å². The van der Waals surface area contributed by atoms with Crippen molar-refractivity contribution in [3.63, 3.8) is 0 Å². The highest BCUT2D eigenvalue weighted by molar-refractivity contribution is 5.39. The number of para-hydroxylation sites is 1. The lowest BCUT2D eigenvalue weighted by Gasteiger charge is -2.17. The van der Waals surface area contributed by atoms with E-state index in [-0.39, 0.29) is 0 Å². The molecule has 1 aromatic rings. The molecule has 0 aliphatic heterocycles. The maximum atomic E-state index is 9.87. The standard InChI is InChI=1S/C13H21NO2/c1-11-6-4-7-12(13(11)15)10-14(2)8-5-9-16-3/h4,6-7,15H,5,8-10H2,1-3H3. The van der Waals surface area contributed by atoms with Gasteiger partial charge in [-0.1, -0.05) is 18.2 Å². The van der Waals surface area contributed by atoms with Crippen LogP contribution < -0.4 is 0 Å². The second-order valence-electron chi connectivity index (χ2n) is 4.17. The minimum absolute atomic E-state index is 0.418. The third-order valence-electron chi connectivity index (χ3n) is 2.65. The number of phenols is 1. The van der Waals surface area contributed by atoms with Crippen LogP contribution in [0.1, 0.15) is 17.5 Å². The van der Waals surface area contributed by atoms with Crippen LogP contribution in [0.3, 0.4) is 0 Å². The zero-order chi connectivity index (χ0) is 12.0. The van der Waals surface area contributed by atoms with Gasteiger partial charge in [0.05, 0.1) is 0 Å². The van der Waals surface area contributed by atoms with Crippen LogP contribution in [-0.4, -0.2) is 37.3 Å². The number of hydrogen-bond donors (Lipinski definition) is 1. The number of rotatable bonds is 6. The summed E-state index contributed by atoms with van der Waals surface area (Å²) in [7, 11) is 3.77. The van der Waals surface area contributed by atoms with E-state index in [1.54, 1.807) is 7.11 Å². The van der Waals surface area contributed by atoms with Gasteiger partial charge in [-0.15, -0.1) is 0 Å². The van der Waals surface area contributed by atoms with Crippen molar-refractivity contribution in [2.45, 2.75) is 19.9 Å². The Hall–Kier alpha value is -1.06. The second kappa shape index (κ2) is 6.51. The molecule has 0 aliphatic rings. The zero-order valence-corrected chi connectivity index (χ0v) is 10.4. The van der Waals surface area contributed by atoms with Crippen LogP contribution in [0.15, 0.2) is 18.2 Å². The minimum Gasteiger partial charge on any atom is -0.507 e. The number of aryl methyl sites for hydroxylation is 1. The van der Waals surface area contributed by atoms with Gasteiger partial charge in [-0.25, -0.2) is 0 Å². The van der Waals surface area contributed by atoms with Crippen LogP contribution in [0, 0.1) is 6.92 Å². The van der Waals surface area contributed by atoms with Gasteiger partial charge in [-0.05, 0) is 26.0 Å². The van der Waals surface area contributed by atoms with Gasteiger partial charge in [-0.2, -0.15) is 0 Å². The number of phenolic OH excluding ortho intramolecular Hbond substituents is 1. The highest BCUT2D eigenvalue weighted by atomic mass is 16.5. The molecule has 0 bridgehead atoms. The lowest BCUT2D eigenvalue weighted by atomic mass is 10.1. The molecule has 0 atom stereocenters. The molecule has 1 rings (SSSR count). The summed E-state index contributed by atoms with van der Waals surface area (Å²) >= 11 is 0. The van der Waals surface area contributed by atoms with Crippen LogP contribution in [0.2, 0.25) is 0 Å². The van der Waals surface area contributed by atoms with Crippen molar-refractivity contribution in [3.05, 3.63) is 29.3 Å². The third-order valence-corrected chi connectivity index (χ3v) is 2.65. The quantitative estimate of drug-likeness (QED) is 0.750. The highest BCUT2D eigenvalue weighted by Gasteiger charge is 2.06. The van der Waals surface area contributed by atoms with E-state index in [0.29, 0.717) is 5.75 Å². The normalized spacial score (nSPS) is 11.0. The molecule has 3 nitrogen and oxygen atoms in total. The summed E-state index contributed by atoms with van der Waals surface area (Å²) in [5.74, 6) is 0.418. The van der Waals surface area contributed by atoms with E-state index in [0.717, 1.165) is 37.2 Å². The maximum absolute atomic E-state index is 9.87. The third kappa shape index (κ3) is 3.83. The monoisotopic (exact) mass is 223 g/mol. The van der Waals surface area contributed by atoms with Crippen molar-refractivity contribution >= 4 is 0 Å². The Kier molecular flexibility index (Phi) is 5.29. The van der Waals surface area contributed by atoms with E-state index in [9.17, 15) is 5.11 Å². The predicted molar refractivity (Wildman–Crippen MR) is 65.7 cm³/mol. The first-order valence-corrected chi connectivity index (χ1v) is 5.60. The summed E-state index contributed by atoms with van der Waals surface area (Å²) in [6, 6.07) is 5.87. The summed E-state index contributed by atoms with van der Waals surface area (Å²) in [4.78, 5) is 2.19. The van der Waals surface area contributed by atoms with Gasteiger partial charge in [0.1, 0.15) is 5.75 Å². The lowest BCUT2D eigenvalue weighted by molar-refractivity contribution is 0.178. The van der Waals surface area contributed by atoms with Crippen LogP contribution in [0.5, 0.6) is 5.75 Å². The van der Waals surface area contributed by atoms with Gasteiger partial charge in [0.15, 0.2) is 0 Å². The largest absolute Gasteiger partial charge is 0.507 e. The fourth-order valence-electron chi connectivity index (χ4n) is 1.70. The summed E-state index contributed by atoms with van der Waals surface area (Å²) in [5.41, 5.74) is 1.92. The molecule has 1 N–H and O–H groups in total. The van der Waals surface area contributed by atoms with Gasteiger partial charge in [-0.3, -0.25) is 0 Å². The summed E-state index contributed by atoms with van der Waals surface area (Å²) < 4.78 is 5.01. The van der Waals surface area contributed by atoms with Crippen LogP contribution in [0.25, 0.3) is 0 Å². The number of benzene rings is 1. The predicted octanol–water partition coefficient (Wildman–Crippen LogP) is 2.17. The van der Waals surface area contributed by atoms with E-state index < -0.39 is 0 Å². The molecule has 0 radical (unpaired) electrons. The number of aromatic hydroxyl groups is 1. The molecular weight excluding hydrogens is 202 g/mol. The molecule has 0 spiro atoms. The van der Waals surface area contributed by atoms with Gasteiger partial charge in [0, 0.05) is 32.4 Å². The zero-order valence-electron chi connectivity index (χ0n) is 10.4. The van der Waals surface area contributed by atoms with Gasteiger partial charge in [0.25, 0.3) is 0 Å². The first-order valence-electron chi connectivity index (χ1n) is 5.60. The molecule has 0 aliphatic carbocycles. The van der Waals surface area contributed by atoms with Crippen molar-refractivity contribution < 1.29 is 9.84 Å². The number of nitrogens with zero attached hydrogens (tertiary/aromatic N) is 1. The van der Waals surface area contributed by atoms with Crippen molar-refractivity contribution in [1.82, 2.24) is 4.90 Å². The summed E-state index contributed by atoms with van der Waals surface area (Å²) in [5, 5.41) is 9.87.